The fraction of sp³-hybridized carbons (Fsp3) is 0.0909. The fourth-order valence-electron chi connectivity index (χ4n) is 1.51. The van der Waals surface area contributed by atoms with Crippen molar-refractivity contribution in [1.29, 1.82) is 0 Å². The van der Waals surface area contributed by atoms with Crippen molar-refractivity contribution >= 4 is 77.8 Å². The lowest BCUT2D eigenvalue weighted by Crippen LogP contribution is -2.13. The molecule has 0 aliphatic heterocycles. The molecule has 1 aromatic heterocycles. The van der Waals surface area contributed by atoms with Crippen LogP contribution in [0, 0.1) is 0 Å². The summed E-state index contributed by atoms with van der Waals surface area (Å²) in [7, 11) is -2.42. The number of ether oxygens (including phenoxy) is 1. The number of anilines is 1. The molecule has 0 saturated heterocycles. The molecule has 0 saturated carbocycles. The molecule has 0 atom stereocenters. The first kappa shape index (κ1) is 17.2. The molecule has 1 heterocycles. The predicted octanol–water partition coefficient (Wildman–Crippen LogP) is 5.28. The first-order chi connectivity index (χ1) is 9.76. The summed E-state index contributed by atoms with van der Waals surface area (Å²) in [6.07, 6.45) is 0. The van der Waals surface area contributed by atoms with E-state index in [0.717, 1.165) is 11.3 Å². The molecule has 2 aromatic rings. The van der Waals surface area contributed by atoms with Crippen molar-refractivity contribution in [2.45, 2.75) is 4.90 Å². The van der Waals surface area contributed by atoms with Crippen LogP contribution in [0.2, 0.25) is 13.7 Å². The third-order valence-corrected chi connectivity index (χ3v) is 7.54. The van der Waals surface area contributed by atoms with Crippen molar-refractivity contribution in [3.05, 3.63) is 36.4 Å². The Kier molecular flexibility index (Phi) is 5.33. The SMILES string of the molecule is COc1ccc(NS(=O)(=O)c2c(Cl)sc(Cl)c2Br)cc1Cl. The zero-order chi connectivity index (χ0) is 15.8. The molecular weight excluding hydrogens is 445 g/mol. The summed E-state index contributed by atoms with van der Waals surface area (Å²) in [5.74, 6) is 0.442. The van der Waals surface area contributed by atoms with Gasteiger partial charge in [-0.1, -0.05) is 34.8 Å². The number of halogens is 4. The van der Waals surface area contributed by atoms with Crippen LogP contribution in [-0.2, 0) is 10.0 Å². The van der Waals surface area contributed by atoms with Gasteiger partial charge in [-0.3, -0.25) is 4.72 Å². The molecule has 4 nitrogen and oxygen atoms in total. The first-order valence-electron chi connectivity index (χ1n) is 5.26. The minimum Gasteiger partial charge on any atom is -0.495 e. The summed E-state index contributed by atoms with van der Waals surface area (Å²) in [5, 5.41) is 0.284. The van der Waals surface area contributed by atoms with Gasteiger partial charge in [0, 0.05) is 0 Å². The molecule has 114 valence electrons. The predicted molar refractivity (Wildman–Crippen MR) is 90.9 cm³/mol. The second-order valence-corrected chi connectivity index (χ2v) is 8.79. The second kappa shape index (κ2) is 6.52. The van der Waals surface area contributed by atoms with Gasteiger partial charge in [-0.05, 0) is 34.1 Å². The Morgan fingerprint density at radius 1 is 1.24 bits per heavy atom. The molecule has 2 rings (SSSR count). The zero-order valence-corrected chi connectivity index (χ0v) is 15.8. The molecule has 0 aliphatic rings. The molecule has 0 fully saturated rings. The van der Waals surface area contributed by atoms with Crippen molar-refractivity contribution in [2.24, 2.45) is 0 Å². The van der Waals surface area contributed by atoms with Crippen LogP contribution in [0.25, 0.3) is 0 Å². The summed E-state index contributed by atoms with van der Waals surface area (Å²) in [4.78, 5) is -0.105. The smallest absolute Gasteiger partial charge is 0.265 e. The van der Waals surface area contributed by atoms with E-state index in [4.69, 9.17) is 39.5 Å². The minimum absolute atomic E-state index is 0.0685. The van der Waals surface area contributed by atoms with Crippen LogP contribution in [0.3, 0.4) is 0 Å². The number of sulfonamides is 1. The normalized spacial score (nSPS) is 11.5. The largest absolute Gasteiger partial charge is 0.495 e. The number of methoxy groups -OCH3 is 1. The molecule has 0 bridgehead atoms. The van der Waals surface area contributed by atoms with Crippen molar-refractivity contribution in [2.75, 3.05) is 11.8 Å². The standard InChI is InChI=1S/C11H7BrCl3NO3S2/c1-19-7-3-2-5(4-6(7)13)16-21(17,18)9-8(12)10(14)20-11(9)15/h2-4,16H,1H3. The third-order valence-electron chi connectivity index (χ3n) is 2.40. The van der Waals surface area contributed by atoms with Crippen LogP contribution >= 0.6 is 62.1 Å². The van der Waals surface area contributed by atoms with Crippen molar-refractivity contribution in [1.82, 2.24) is 0 Å². The van der Waals surface area contributed by atoms with Crippen molar-refractivity contribution in [3.8, 4) is 5.75 Å². The highest BCUT2D eigenvalue weighted by Crippen LogP contribution is 2.43. The fourth-order valence-corrected chi connectivity index (χ4v) is 6.37. The first-order valence-corrected chi connectivity index (χ1v) is 9.48. The lowest BCUT2D eigenvalue weighted by Gasteiger charge is -2.10. The maximum atomic E-state index is 12.4. The Morgan fingerprint density at radius 2 is 1.90 bits per heavy atom. The van der Waals surface area contributed by atoms with Crippen molar-refractivity contribution < 1.29 is 13.2 Å². The number of benzene rings is 1. The highest BCUT2D eigenvalue weighted by Gasteiger charge is 2.26. The van der Waals surface area contributed by atoms with E-state index in [1.165, 1.54) is 19.2 Å². The Labute approximate surface area is 149 Å². The third kappa shape index (κ3) is 3.60. The summed E-state index contributed by atoms with van der Waals surface area (Å²) < 4.78 is 32.7. The van der Waals surface area contributed by atoms with Crippen LogP contribution in [0.1, 0.15) is 0 Å². The van der Waals surface area contributed by atoms with E-state index in [1.54, 1.807) is 6.07 Å². The maximum Gasteiger partial charge on any atom is 0.265 e. The molecule has 1 N–H and O–H groups in total. The van der Waals surface area contributed by atoms with Gasteiger partial charge in [0.15, 0.2) is 0 Å². The quantitative estimate of drug-likeness (QED) is 0.688. The van der Waals surface area contributed by atoms with Gasteiger partial charge in [-0.25, -0.2) is 8.42 Å². The Balaban J connectivity index is 2.40. The Bertz CT molecular complexity index is 792. The van der Waals surface area contributed by atoms with Gasteiger partial charge >= 0.3 is 0 Å². The molecule has 10 heteroatoms. The lowest BCUT2D eigenvalue weighted by molar-refractivity contribution is 0.415. The van der Waals surface area contributed by atoms with Crippen LogP contribution in [0.15, 0.2) is 27.6 Å². The van der Waals surface area contributed by atoms with E-state index in [0.29, 0.717) is 5.75 Å². The highest BCUT2D eigenvalue weighted by atomic mass is 79.9. The van der Waals surface area contributed by atoms with Gasteiger partial charge in [-0.15, -0.1) is 11.3 Å². The molecule has 0 aliphatic carbocycles. The number of hydrogen-bond acceptors (Lipinski definition) is 4. The molecular formula is C11H7BrCl3NO3S2. The maximum absolute atomic E-state index is 12.4. The number of nitrogens with one attached hydrogen (secondary N) is 1. The monoisotopic (exact) mass is 449 g/mol. The average molecular weight is 452 g/mol. The van der Waals surface area contributed by atoms with Gasteiger partial charge in [-0.2, -0.15) is 0 Å². The van der Waals surface area contributed by atoms with Crippen LogP contribution < -0.4 is 9.46 Å². The van der Waals surface area contributed by atoms with E-state index in [1.807, 2.05) is 0 Å². The molecule has 0 amide bonds. The average Bonchev–Trinajstić information content (AvgIpc) is 2.63. The number of hydrogen-bond donors (Lipinski definition) is 1. The summed E-state index contributed by atoms with van der Waals surface area (Å²) >= 11 is 21.8. The summed E-state index contributed by atoms with van der Waals surface area (Å²) in [6, 6.07) is 4.52. The van der Waals surface area contributed by atoms with Crippen molar-refractivity contribution in [3.63, 3.8) is 0 Å². The minimum atomic E-state index is -3.89. The molecule has 21 heavy (non-hydrogen) atoms. The van der Waals surface area contributed by atoms with E-state index in [2.05, 4.69) is 20.7 Å². The molecule has 0 spiro atoms. The summed E-state index contributed by atoms with van der Waals surface area (Å²) in [6.45, 7) is 0. The van der Waals surface area contributed by atoms with Gasteiger partial charge in [0.25, 0.3) is 10.0 Å². The summed E-state index contributed by atoms with van der Waals surface area (Å²) in [5.41, 5.74) is 0.283. The number of thiophene rings is 1. The van der Waals surface area contributed by atoms with E-state index in [-0.39, 0.29) is 28.8 Å². The van der Waals surface area contributed by atoms with Gasteiger partial charge in [0.05, 0.1) is 22.3 Å². The van der Waals surface area contributed by atoms with Gasteiger partial charge in [0.2, 0.25) is 0 Å². The van der Waals surface area contributed by atoms with Gasteiger partial charge in [0.1, 0.15) is 19.3 Å². The van der Waals surface area contributed by atoms with Crippen LogP contribution in [0.5, 0.6) is 5.75 Å². The molecule has 0 unspecified atom stereocenters. The lowest BCUT2D eigenvalue weighted by atomic mass is 10.3. The highest BCUT2D eigenvalue weighted by molar-refractivity contribution is 9.10. The van der Waals surface area contributed by atoms with Crippen LogP contribution in [0.4, 0.5) is 5.69 Å². The Morgan fingerprint density at radius 3 is 2.38 bits per heavy atom. The molecule has 0 radical (unpaired) electrons. The van der Waals surface area contributed by atoms with E-state index in [9.17, 15) is 8.42 Å². The molecule has 1 aromatic carbocycles. The Hall–Kier alpha value is -0.180. The van der Waals surface area contributed by atoms with Gasteiger partial charge < -0.3 is 4.74 Å². The number of rotatable bonds is 4. The van der Waals surface area contributed by atoms with E-state index >= 15 is 0 Å². The topological polar surface area (TPSA) is 55.4 Å². The van der Waals surface area contributed by atoms with E-state index < -0.39 is 10.0 Å². The second-order valence-electron chi connectivity index (χ2n) is 3.75. The zero-order valence-electron chi connectivity index (χ0n) is 10.3. The van der Waals surface area contributed by atoms with Crippen LogP contribution in [-0.4, -0.2) is 15.5 Å².